The number of carbonyl (C=O) groups is 2. The predicted molar refractivity (Wildman–Crippen MR) is 39.7 cm³/mol. The number of rotatable bonds is 3. The lowest BCUT2D eigenvalue weighted by atomic mass is 10.1. The second kappa shape index (κ2) is 3.99. The molecule has 0 saturated carbocycles. The third-order valence-corrected chi connectivity index (χ3v) is 1.28. The maximum absolute atomic E-state index is 10.7. The smallest absolute Gasteiger partial charge is 0.221 e. The highest BCUT2D eigenvalue weighted by Gasteiger charge is 2.02. The number of ketones is 2. The summed E-state index contributed by atoms with van der Waals surface area (Å²) < 4.78 is 0. The Morgan fingerprint density at radius 1 is 1.30 bits per heavy atom. The Kier molecular flexibility index (Phi) is 3.62. The van der Waals surface area contributed by atoms with Crippen LogP contribution in [-0.4, -0.2) is 11.6 Å². The first kappa shape index (κ1) is 9.08. The van der Waals surface area contributed by atoms with Crippen LogP contribution in [0.3, 0.4) is 0 Å². The molecule has 0 heterocycles. The van der Waals surface area contributed by atoms with Gasteiger partial charge in [-0.3, -0.25) is 9.59 Å². The molecule has 0 aromatic carbocycles. The molecule has 0 radical (unpaired) electrons. The molecule has 2 nitrogen and oxygen atoms in total. The van der Waals surface area contributed by atoms with Crippen molar-refractivity contribution in [1.29, 1.82) is 0 Å². The molecule has 0 saturated heterocycles. The van der Waals surface area contributed by atoms with Crippen LogP contribution in [0.4, 0.5) is 0 Å². The van der Waals surface area contributed by atoms with E-state index in [9.17, 15) is 9.59 Å². The van der Waals surface area contributed by atoms with Crippen molar-refractivity contribution in [2.24, 2.45) is 0 Å². The molecule has 0 aromatic heterocycles. The molecule has 0 aromatic rings. The summed E-state index contributed by atoms with van der Waals surface area (Å²) in [4.78, 5) is 21.1. The van der Waals surface area contributed by atoms with Gasteiger partial charge in [-0.25, -0.2) is 0 Å². The van der Waals surface area contributed by atoms with E-state index < -0.39 is 11.6 Å². The minimum atomic E-state index is -0.403. The van der Waals surface area contributed by atoms with Gasteiger partial charge in [-0.1, -0.05) is 12.5 Å². The van der Waals surface area contributed by atoms with Crippen molar-refractivity contribution in [3.63, 3.8) is 0 Å². The summed E-state index contributed by atoms with van der Waals surface area (Å²) >= 11 is 0. The second-order valence-corrected chi connectivity index (χ2v) is 2.26. The quantitative estimate of drug-likeness (QED) is 0.439. The van der Waals surface area contributed by atoms with Gasteiger partial charge in [0.1, 0.15) is 0 Å². The van der Waals surface area contributed by atoms with Crippen LogP contribution >= 0.6 is 0 Å². The van der Waals surface area contributed by atoms with E-state index in [2.05, 4.69) is 0 Å². The van der Waals surface area contributed by atoms with Crippen molar-refractivity contribution in [2.75, 3.05) is 0 Å². The third-order valence-electron chi connectivity index (χ3n) is 1.28. The van der Waals surface area contributed by atoms with Crippen LogP contribution in [0.25, 0.3) is 0 Å². The van der Waals surface area contributed by atoms with Gasteiger partial charge in [0.2, 0.25) is 5.78 Å². The van der Waals surface area contributed by atoms with Gasteiger partial charge in [-0.05, 0) is 19.4 Å². The lowest BCUT2D eigenvalue weighted by Gasteiger charge is -1.90. The predicted octanol–water partition coefficient (Wildman–Crippen LogP) is 1.50. The molecule has 2 heteroatoms. The Labute approximate surface area is 60.9 Å². The van der Waals surface area contributed by atoms with Crippen molar-refractivity contribution in [3.8, 4) is 0 Å². The SMILES string of the molecule is CCC(C)=CC(=O)C(C)=O. The zero-order chi connectivity index (χ0) is 8.15. The van der Waals surface area contributed by atoms with Gasteiger partial charge >= 0.3 is 0 Å². The van der Waals surface area contributed by atoms with Crippen LogP contribution < -0.4 is 0 Å². The summed E-state index contributed by atoms with van der Waals surface area (Å²) in [5.41, 5.74) is 0.945. The van der Waals surface area contributed by atoms with Gasteiger partial charge in [-0.15, -0.1) is 0 Å². The molecule has 56 valence electrons. The zero-order valence-electron chi connectivity index (χ0n) is 6.60. The normalized spacial score (nSPS) is 11.3. The number of allylic oxidation sites excluding steroid dienone is 2. The molecule has 0 aliphatic carbocycles. The fourth-order valence-corrected chi connectivity index (χ4v) is 0.427. The van der Waals surface area contributed by atoms with E-state index in [1.165, 1.54) is 13.0 Å². The van der Waals surface area contributed by atoms with Crippen LogP contribution in [0, 0.1) is 0 Å². The van der Waals surface area contributed by atoms with E-state index in [1.54, 1.807) is 0 Å². The maximum atomic E-state index is 10.7. The molecular weight excluding hydrogens is 128 g/mol. The van der Waals surface area contributed by atoms with E-state index in [0.29, 0.717) is 0 Å². The van der Waals surface area contributed by atoms with Gasteiger partial charge in [0.15, 0.2) is 5.78 Å². The van der Waals surface area contributed by atoms with Crippen molar-refractivity contribution in [1.82, 2.24) is 0 Å². The Balaban J connectivity index is 4.13. The lowest BCUT2D eigenvalue weighted by Crippen LogP contribution is -2.05. The average Bonchev–Trinajstić information content (AvgIpc) is 1.87. The average molecular weight is 140 g/mol. The molecule has 0 aliphatic heterocycles. The Morgan fingerprint density at radius 3 is 2.10 bits per heavy atom. The van der Waals surface area contributed by atoms with E-state index >= 15 is 0 Å². The molecule has 0 N–H and O–H groups in total. The molecule has 0 rings (SSSR count). The molecule has 0 aliphatic rings. The van der Waals surface area contributed by atoms with Crippen LogP contribution in [0.2, 0.25) is 0 Å². The highest BCUT2D eigenvalue weighted by molar-refractivity contribution is 6.40. The molecule has 0 amide bonds. The van der Waals surface area contributed by atoms with Gasteiger partial charge < -0.3 is 0 Å². The fourth-order valence-electron chi connectivity index (χ4n) is 0.427. The van der Waals surface area contributed by atoms with Crippen molar-refractivity contribution in [2.45, 2.75) is 27.2 Å². The van der Waals surface area contributed by atoms with Gasteiger partial charge in [0.25, 0.3) is 0 Å². The molecule has 0 atom stereocenters. The molecule has 0 unspecified atom stereocenters. The molecule has 0 bridgehead atoms. The lowest BCUT2D eigenvalue weighted by molar-refractivity contribution is -0.132. The molecule has 10 heavy (non-hydrogen) atoms. The summed E-state index contributed by atoms with van der Waals surface area (Å²) in [6.07, 6.45) is 2.21. The van der Waals surface area contributed by atoms with E-state index in [-0.39, 0.29) is 0 Å². The Hall–Kier alpha value is -0.920. The van der Waals surface area contributed by atoms with E-state index in [1.807, 2.05) is 13.8 Å². The highest BCUT2D eigenvalue weighted by atomic mass is 16.2. The van der Waals surface area contributed by atoms with Crippen LogP contribution in [0.15, 0.2) is 11.6 Å². The van der Waals surface area contributed by atoms with Crippen molar-refractivity contribution in [3.05, 3.63) is 11.6 Å². The fraction of sp³-hybridized carbons (Fsp3) is 0.500. The van der Waals surface area contributed by atoms with Gasteiger partial charge in [0, 0.05) is 6.92 Å². The van der Waals surface area contributed by atoms with Crippen LogP contribution in [0.1, 0.15) is 27.2 Å². The summed E-state index contributed by atoms with van der Waals surface area (Å²) in [6.45, 7) is 5.06. The van der Waals surface area contributed by atoms with Gasteiger partial charge in [-0.2, -0.15) is 0 Å². The minimum Gasteiger partial charge on any atom is -0.291 e. The maximum Gasteiger partial charge on any atom is 0.221 e. The zero-order valence-corrected chi connectivity index (χ0v) is 6.60. The number of hydrogen-bond donors (Lipinski definition) is 0. The van der Waals surface area contributed by atoms with E-state index in [0.717, 1.165) is 12.0 Å². The highest BCUT2D eigenvalue weighted by Crippen LogP contribution is 1.97. The number of Topliss-reactive ketones (excluding diaryl/α,β-unsaturated/α-hetero) is 1. The summed E-state index contributed by atoms with van der Waals surface area (Å²) in [7, 11) is 0. The first-order valence-electron chi connectivity index (χ1n) is 3.30. The molecule has 0 fully saturated rings. The summed E-state index contributed by atoms with van der Waals surface area (Å²) in [6, 6.07) is 0. The van der Waals surface area contributed by atoms with Crippen LogP contribution in [0.5, 0.6) is 0 Å². The molecular formula is C8H12O2. The van der Waals surface area contributed by atoms with Gasteiger partial charge in [0.05, 0.1) is 0 Å². The number of hydrogen-bond acceptors (Lipinski definition) is 2. The third kappa shape index (κ3) is 3.17. The Bertz CT molecular complexity index is 178. The number of carbonyl (C=O) groups excluding carboxylic acids is 2. The minimum absolute atomic E-state index is 0.396. The largest absolute Gasteiger partial charge is 0.291 e. The van der Waals surface area contributed by atoms with Crippen LogP contribution in [-0.2, 0) is 9.59 Å². The van der Waals surface area contributed by atoms with Crippen molar-refractivity contribution >= 4 is 11.6 Å². The summed E-state index contributed by atoms with van der Waals surface area (Å²) in [5.74, 6) is -0.799. The van der Waals surface area contributed by atoms with E-state index in [4.69, 9.17) is 0 Å². The first-order chi connectivity index (χ1) is 4.57. The monoisotopic (exact) mass is 140 g/mol. The second-order valence-electron chi connectivity index (χ2n) is 2.26. The summed E-state index contributed by atoms with van der Waals surface area (Å²) in [5, 5.41) is 0. The first-order valence-corrected chi connectivity index (χ1v) is 3.30. The molecule has 0 spiro atoms. The Morgan fingerprint density at radius 2 is 1.80 bits per heavy atom. The topological polar surface area (TPSA) is 34.1 Å². The van der Waals surface area contributed by atoms with Crippen molar-refractivity contribution < 1.29 is 9.59 Å². The standard InChI is InChI=1S/C8H12O2/c1-4-6(2)5-8(10)7(3)9/h5H,4H2,1-3H3.